The number of hydrogen-bond acceptors (Lipinski definition) is 5. The molecule has 7 nitrogen and oxygen atoms in total. The van der Waals surface area contributed by atoms with Crippen LogP contribution >= 0.6 is 0 Å². The number of fused-ring (bicyclic) bond motifs is 1. The quantitative estimate of drug-likeness (QED) is 0.455. The van der Waals surface area contributed by atoms with Crippen LogP contribution in [0.4, 0.5) is 4.39 Å². The van der Waals surface area contributed by atoms with Gasteiger partial charge in [0.05, 0.1) is 18.2 Å². The number of carbonyl (C=O) groups is 2. The van der Waals surface area contributed by atoms with Gasteiger partial charge in [-0.25, -0.2) is 4.39 Å². The van der Waals surface area contributed by atoms with E-state index in [1.165, 1.54) is 16.8 Å². The summed E-state index contributed by atoms with van der Waals surface area (Å²) in [5, 5.41) is 4.35. The second kappa shape index (κ2) is 10.4. The molecule has 0 fully saturated rings. The molecule has 0 bridgehead atoms. The molecular weight excluding hydrogens is 461 g/mol. The molecule has 0 saturated heterocycles. The third kappa shape index (κ3) is 4.94. The summed E-state index contributed by atoms with van der Waals surface area (Å²) in [5.41, 5.74) is 1.96. The second-order valence-electron chi connectivity index (χ2n) is 9.47. The largest absolute Gasteiger partial charge is 0.420 e. The van der Waals surface area contributed by atoms with Gasteiger partial charge < -0.3 is 9.64 Å². The maximum absolute atomic E-state index is 14.4. The fourth-order valence-electron chi connectivity index (χ4n) is 4.66. The third-order valence-electron chi connectivity index (χ3n) is 6.34. The first-order chi connectivity index (χ1) is 17.2. The lowest BCUT2D eigenvalue weighted by Crippen LogP contribution is -2.47. The van der Waals surface area contributed by atoms with Gasteiger partial charge in [-0.1, -0.05) is 62.7 Å². The van der Waals surface area contributed by atoms with Gasteiger partial charge >= 0.3 is 5.97 Å². The van der Waals surface area contributed by atoms with E-state index >= 15 is 0 Å². The van der Waals surface area contributed by atoms with Gasteiger partial charge in [-0.15, -0.1) is 0 Å². The molecule has 0 aliphatic carbocycles. The van der Waals surface area contributed by atoms with E-state index in [1.807, 2.05) is 44.2 Å². The lowest BCUT2D eigenvalue weighted by molar-refractivity contribution is -0.137. The first kappa shape index (κ1) is 25.3. The molecule has 0 radical (unpaired) electrons. The molecule has 1 aromatic heterocycles. The summed E-state index contributed by atoms with van der Waals surface area (Å²) >= 11 is 0. The molecule has 4 rings (SSSR count). The van der Waals surface area contributed by atoms with Crippen LogP contribution in [0.3, 0.4) is 0 Å². The van der Waals surface area contributed by atoms with Crippen molar-refractivity contribution in [1.82, 2.24) is 14.7 Å². The molecule has 1 amide bonds. The second-order valence-corrected chi connectivity index (χ2v) is 9.47. The van der Waals surface area contributed by atoms with Crippen molar-refractivity contribution < 1.29 is 18.7 Å². The van der Waals surface area contributed by atoms with Crippen molar-refractivity contribution in [3.63, 3.8) is 0 Å². The summed E-state index contributed by atoms with van der Waals surface area (Å²) in [4.78, 5) is 40.4. The molecule has 2 aromatic carbocycles. The predicted molar refractivity (Wildman–Crippen MR) is 134 cm³/mol. The zero-order valence-corrected chi connectivity index (χ0v) is 20.9. The lowest BCUT2D eigenvalue weighted by atomic mass is 9.83. The molecule has 0 N–H and O–H groups in total. The standard InChI is InChI=1S/C28H30FN3O4/c1-5-12-31-16-22(24(19-9-6-8-18(4)13-19)20-10-7-11-21(29)14-20)32-25(27(31)34)26(23(33)15-30-32)36-28(35)17(2)3/h6-11,13-15,17,22,24H,5,12,16H2,1-4H3. The van der Waals surface area contributed by atoms with Crippen molar-refractivity contribution >= 4 is 11.9 Å². The Morgan fingerprint density at radius 3 is 2.47 bits per heavy atom. The van der Waals surface area contributed by atoms with Crippen LogP contribution in [-0.4, -0.2) is 39.6 Å². The average Bonchev–Trinajstić information content (AvgIpc) is 2.83. The van der Waals surface area contributed by atoms with Crippen LogP contribution in [0.5, 0.6) is 5.75 Å². The summed E-state index contributed by atoms with van der Waals surface area (Å²) in [6.45, 7) is 7.98. The van der Waals surface area contributed by atoms with E-state index in [-0.39, 0.29) is 17.3 Å². The highest BCUT2D eigenvalue weighted by molar-refractivity contribution is 5.96. The van der Waals surface area contributed by atoms with E-state index in [2.05, 4.69) is 5.10 Å². The van der Waals surface area contributed by atoms with E-state index in [9.17, 15) is 18.8 Å². The molecule has 1 aliphatic rings. The summed E-state index contributed by atoms with van der Waals surface area (Å²) in [7, 11) is 0. The minimum atomic E-state index is -0.640. The van der Waals surface area contributed by atoms with Crippen LogP contribution in [0, 0.1) is 18.7 Å². The van der Waals surface area contributed by atoms with Gasteiger partial charge in [0.15, 0.2) is 5.69 Å². The van der Waals surface area contributed by atoms with E-state index in [4.69, 9.17) is 4.74 Å². The van der Waals surface area contributed by atoms with Crippen LogP contribution in [-0.2, 0) is 4.79 Å². The number of amides is 1. The maximum atomic E-state index is 14.4. The van der Waals surface area contributed by atoms with Crippen molar-refractivity contribution in [1.29, 1.82) is 0 Å². The molecule has 3 aromatic rings. The van der Waals surface area contributed by atoms with Crippen LogP contribution in [0.1, 0.15) is 66.3 Å². The van der Waals surface area contributed by atoms with Gasteiger partial charge in [0.25, 0.3) is 5.91 Å². The number of halogens is 1. The molecule has 8 heteroatoms. The summed E-state index contributed by atoms with van der Waals surface area (Å²) in [6, 6.07) is 13.8. The van der Waals surface area contributed by atoms with Gasteiger partial charge in [-0.3, -0.25) is 19.1 Å². The number of rotatable bonds is 7. The Labute approximate surface area is 209 Å². The number of aryl methyl sites for hydroxylation is 1. The summed E-state index contributed by atoms with van der Waals surface area (Å²) in [5.74, 6) is -2.61. The normalized spacial score (nSPS) is 16.1. The van der Waals surface area contributed by atoms with Gasteiger partial charge in [0, 0.05) is 19.0 Å². The van der Waals surface area contributed by atoms with Crippen molar-refractivity contribution in [2.75, 3.05) is 13.1 Å². The molecule has 2 atom stereocenters. The van der Waals surface area contributed by atoms with Crippen molar-refractivity contribution in [2.45, 2.75) is 46.1 Å². The highest BCUT2D eigenvalue weighted by Gasteiger charge is 2.40. The van der Waals surface area contributed by atoms with E-state index < -0.39 is 35.2 Å². The Morgan fingerprint density at radius 1 is 1.14 bits per heavy atom. The number of benzene rings is 2. The van der Waals surface area contributed by atoms with Gasteiger partial charge in [-0.2, -0.15) is 5.10 Å². The molecular formula is C28H30FN3O4. The van der Waals surface area contributed by atoms with Crippen LogP contribution in [0.15, 0.2) is 59.5 Å². The number of hydrogen-bond donors (Lipinski definition) is 0. The summed E-state index contributed by atoms with van der Waals surface area (Å²) < 4.78 is 21.3. The van der Waals surface area contributed by atoms with E-state index in [0.29, 0.717) is 25.1 Å². The minimum absolute atomic E-state index is 0.0599. The molecule has 2 unspecified atom stereocenters. The molecule has 1 aliphatic heterocycles. The maximum Gasteiger partial charge on any atom is 0.313 e. The number of carbonyl (C=O) groups excluding carboxylic acids is 2. The SMILES string of the molecule is CCCN1CC(C(c2cccc(C)c2)c2cccc(F)c2)n2ncc(=O)c(OC(=O)C(C)C)c2C1=O. The van der Waals surface area contributed by atoms with Crippen molar-refractivity contribution in [3.05, 3.63) is 93.2 Å². The van der Waals surface area contributed by atoms with Crippen LogP contribution < -0.4 is 10.2 Å². The first-order valence-corrected chi connectivity index (χ1v) is 12.2. The number of aromatic nitrogens is 2. The number of nitrogens with zero attached hydrogens (tertiary/aromatic N) is 3. The zero-order valence-electron chi connectivity index (χ0n) is 20.9. The third-order valence-corrected chi connectivity index (χ3v) is 6.34. The Bertz CT molecular complexity index is 1310. The zero-order chi connectivity index (χ0) is 26.0. The number of ether oxygens (including phenoxy) is 1. The Hall–Kier alpha value is -3.81. The lowest BCUT2D eigenvalue weighted by Gasteiger charge is -2.39. The highest BCUT2D eigenvalue weighted by Crippen LogP contribution is 2.40. The molecule has 188 valence electrons. The Kier molecular flexibility index (Phi) is 7.33. The molecule has 2 heterocycles. The van der Waals surface area contributed by atoms with Crippen LogP contribution in [0.2, 0.25) is 0 Å². The molecule has 0 saturated carbocycles. The Morgan fingerprint density at radius 2 is 1.83 bits per heavy atom. The van der Waals surface area contributed by atoms with E-state index in [0.717, 1.165) is 17.3 Å². The van der Waals surface area contributed by atoms with E-state index in [1.54, 1.807) is 24.8 Å². The summed E-state index contributed by atoms with van der Waals surface area (Å²) in [6.07, 6.45) is 1.76. The topological polar surface area (TPSA) is 81.5 Å². The van der Waals surface area contributed by atoms with Crippen molar-refractivity contribution in [2.24, 2.45) is 5.92 Å². The van der Waals surface area contributed by atoms with Crippen molar-refractivity contribution in [3.8, 4) is 5.75 Å². The van der Waals surface area contributed by atoms with Crippen LogP contribution in [0.25, 0.3) is 0 Å². The monoisotopic (exact) mass is 491 g/mol. The number of esters is 1. The predicted octanol–water partition coefficient (Wildman–Crippen LogP) is 4.49. The van der Waals surface area contributed by atoms with Gasteiger partial charge in [0.1, 0.15) is 5.82 Å². The molecule has 36 heavy (non-hydrogen) atoms. The highest BCUT2D eigenvalue weighted by atomic mass is 19.1. The average molecular weight is 492 g/mol. The first-order valence-electron chi connectivity index (χ1n) is 12.2. The van der Waals surface area contributed by atoms with Gasteiger partial charge in [0.2, 0.25) is 11.2 Å². The fraction of sp³-hybridized carbons (Fsp3) is 0.357. The Balaban J connectivity index is 1.96. The molecule has 0 spiro atoms. The minimum Gasteiger partial charge on any atom is -0.420 e. The van der Waals surface area contributed by atoms with Gasteiger partial charge in [-0.05, 0) is 36.6 Å². The fourth-order valence-corrected chi connectivity index (χ4v) is 4.66. The smallest absolute Gasteiger partial charge is 0.313 e.